The molecule has 5 heteroatoms. The number of carbonyl (C=O) groups is 1. The Kier molecular flexibility index (Phi) is 5.25. The van der Waals surface area contributed by atoms with Crippen molar-refractivity contribution in [1.29, 1.82) is 0 Å². The molecule has 0 aliphatic carbocycles. The van der Waals surface area contributed by atoms with Crippen LogP contribution >= 0.6 is 0 Å². The fraction of sp³-hybridized carbons (Fsp3) is 0.176. The van der Waals surface area contributed by atoms with Gasteiger partial charge in [-0.05, 0) is 32.0 Å². The van der Waals surface area contributed by atoms with Gasteiger partial charge in [0.25, 0.3) is 5.91 Å². The number of hydrogen-bond donors (Lipinski definition) is 1. The molecule has 0 aliphatic rings. The molecule has 0 saturated heterocycles. The number of amides is 1. The van der Waals surface area contributed by atoms with Crippen LogP contribution in [-0.2, 0) is 0 Å². The third-order valence-corrected chi connectivity index (χ3v) is 2.77. The average molecular weight is 300 g/mol. The standard InChI is InChI=1S/C17H17FN2O2/c1-12(2)22-16-10-6-4-8-14(16)17(21)20-19-11-13-7-3-5-9-15(13)18/h3-12H,1-2H3,(H,20,21)/b19-11+. The second-order valence-electron chi connectivity index (χ2n) is 4.88. The van der Waals surface area contributed by atoms with Gasteiger partial charge in [-0.1, -0.05) is 30.3 Å². The van der Waals surface area contributed by atoms with Crippen molar-refractivity contribution in [3.05, 3.63) is 65.5 Å². The molecule has 0 spiro atoms. The van der Waals surface area contributed by atoms with Gasteiger partial charge < -0.3 is 4.74 Å². The Hall–Kier alpha value is -2.69. The average Bonchev–Trinajstić information content (AvgIpc) is 2.49. The van der Waals surface area contributed by atoms with Gasteiger partial charge in [-0.25, -0.2) is 9.82 Å². The summed E-state index contributed by atoms with van der Waals surface area (Å²) in [5.41, 5.74) is 3.05. The Bertz CT molecular complexity index is 684. The topological polar surface area (TPSA) is 50.7 Å². The van der Waals surface area contributed by atoms with E-state index in [4.69, 9.17) is 4.74 Å². The number of rotatable bonds is 5. The minimum atomic E-state index is -0.413. The van der Waals surface area contributed by atoms with Crippen LogP contribution in [0.3, 0.4) is 0 Å². The third kappa shape index (κ3) is 4.15. The molecule has 4 nitrogen and oxygen atoms in total. The highest BCUT2D eigenvalue weighted by Gasteiger charge is 2.12. The van der Waals surface area contributed by atoms with Gasteiger partial charge in [-0.15, -0.1) is 0 Å². The zero-order chi connectivity index (χ0) is 15.9. The lowest BCUT2D eigenvalue weighted by Crippen LogP contribution is -2.19. The highest BCUT2D eigenvalue weighted by molar-refractivity contribution is 5.97. The molecule has 2 rings (SSSR count). The van der Waals surface area contributed by atoms with Gasteiger partial charge in [0, 0.05) is 5.56 Å². The first kappa shape index (κ1) is 15.7. The smallest absolute Gasteiger partial charge is 0.275 e. The highest BCUT2D eigenvalue weighted by atomic mass is 19.1. The summed E-state index contributed by atoms with van der Waals surface area (Å²) in [4.78, 5) is 12.1. The summed E-state index contributed by atoms with van der Waals surface area (Å²) in [5.74, 6) is -0.330. The summed E-state index contributed by atoms with van der Waals surface area (Å²) in [7, 11) is 0. The molecular weight excluding hydrogens is 283 g/mol. The maximum atomic E-state index is 13.4. The first-order valence-electron chi connectivity index (χ1n) is 6.91. The number of ether oxygens (including phenoxy) is 1. The van der Waals surface area contributed by atoms with Crippen molar-refractivity contribution in [3.8, 4) is 5.75 Å². The molecule has 22 heavy (non-hydrogen) atoms. The van der Waals surface area contributed by atoms with Crippen molar-refractivity contribution in [2.24, 2.45) is 5.10 Å². The van der Waals surface area contributed by atoms with E-state index in [9.17, 15) is 9.18 Å². The van der Waals surface area contributed by atoms with Crippen LogP contribution in [0.15, 0.2) is 53.6 Å². The van der Waals surface area contributed by atoms with E-state index in [2.05, 4.69) is 10.5 Å². The van der Waals surface area contributed by atoms with Gasteiger partial charge in [-0.3, -0.25) is 4.79 Å². The zero-order valence-electron chi connectivity index (χ0n) is 12.4. The normalized spacial score (nSPS) is 10.9. The Morgan fingerprint density at radius 2 is 1.86 bits per heavy atom. The molecule has 0 atom stereocenters. The van der Waals surface area contributed by atoms with Crippen molar-refractivity contribution in [2.75, 3.05) is 0 Å². The molecule has 1 N–H and O–H groups in total. The molecule has 0 heterocycles. The highest BCUT2D eigenvalue weighted by Crippen LogP contribution is 2.19. The maximum Gasteiger partial charge on any atom is 0.275 e. The molecule has 0 saturated carbocycles. The van der Waals surface area contributed by atoms with Gasteiger partial charge in [0.15, 0.2) is 0 Å². The third-order valence-electron chi connectivity index (χ3n) is 2.77. The lowest BCUT2D eigenvalue weighted by atomic mass is 10.2. The number of hydrogen-bond acceptors (Lipinski definition) is 3. The second kappa shape index (κ2) is 7.36. The predicted octanol–water partition coefficient (Wildman–Crippen LogP) is 3.38. The van der Waals surface area contributed by atoms with Crippen molar-refractivity contribution in [1.82, 2.24) is 5.43 Å². The first-order chi connectivity index (χ1) is 10.6. The van der Waals surface area contributed by atoms with E-state index in [1.54, 1.807) is 42.5 Å². The quantitative estimate of drug-likeness (QED) is 0.680. The van der Waals surface area contributed by atoms with Crippen LogP contribution in [0, 0.1) is 5.82 Å². The van der Waals surface area contributed by atoms with E-state index in [0.717, 1.165) is 0 Å². The lowest BCUT2D eigenvalue weighted by Gasteiger charge is -2.12. The van der Waals surface area contributed by atoms with Crippen LogP contribution in [0.4, 0.5) is 4.39 Å². The molecule has 1 amide bonds. The summed E-state index contributed by atoms with van der Waals surface area (Å²) in [6, 6.07) is 13.1. The number of nitrogens with one attached hydrogen (secondary N) is 1. The SMILES string of the molecule is CC(C)Oc1ccccc1C(=O)N/N=C/c1ccccc1F. The Balaban J connectivity index is 2.08. The fourth-order valence-electron chi connectivity index (χ4n) is 1.81. The van der Waals surface area contributed by atoms with Gasteiger partial charge in [-0.2, -0.15) is 5.10 Å². The lowest BCUT2D eigenvalue weighted by molar-refractivity contribution is 0.0949. The van der Waals surface area contributed by atoms with Crippen LogP contribution < -0.4 is 10.2 Å². The number of benzene rings is 2. The molecule has 2 aromatic carbocycles. The summed E-state index contributed by atoms with van der Waals surface area (Å²) in [6.45, 7) is 3.76. The molecule has 0 aromatic heterocycles. The number of carbonyl (C=O) groups excluding carboxylic acids is 1. The van der Waals surface area contributed by atoms with Gasteiger partial charge in [0.1, 0.15) is 11.6 Å². The van der Waals surface area contributed by atoms with Gasteiger partial charge in [0.05, 0.1) is 17.9 Å². The second-order valence-corrected chi connectivity index (χ2v) is 4.88. The molecule has 0 aliphatic heterocycles. The van der Waals surface area contributed by atoms with E-state index in [1.807, 2.05) is 13.8 Å². The monoisotopic (exact) mass is 300 g/mol. The summed E-state index contributed by atoms with van der Waals surface area (Å²) in [6.07, 6.45) is 1.22. The van der Waals surface area contributed by atoms with Crippen LogP contribution in [0.25, 0.3) is 0 Å². The molecule has 0 fully saturated rings. The summed E-state index contributed by atoms with van der Waals surface area (Å²) >= 11 is 0. The van der Waals surface area contributed by atoms with Crippen molar-refractivity contribution in [3.63, 3.8) is 0 Å². The molecule has 0 unspecified atom stereocenters. The van der Waals surface area contributed by atoms with Crippen molar-refractivity contribution < 1.29 is 13.9 Å². The first-order valence-corrected chi connectivity index (χ1v) is 6.91. The van der Waals surface area contributed by atoms with E-state index in [-0.39, 0.29) is 6.10 Å². The molecular formula is C17H17FN2O2. The van der Waals surface area contributed by atoms with Crippen LogP contribution in [0.5, 0.6) is 5.75 Å². The molecule has 2 aromatic rings. The van der Waals surface area contributed by atoms with Crippen molar-refractivity contribution >= 4 is 12.1 Å². The van der Waals surface area contributed by atoms with Gasteiger partial charge in [0.2, 0.25) is 0 Å². The minimum absolute atomic E-state index is 0.0455. The van der Waals surface area contributed by atoms with Crippen LogP contribution in [0.1, 0.15) is 29.8 Å². The maximum absolute atomic E-state index is 13.4. The number of para-hydroxylation sites is 1. The zero-order valence-corrected chi connectivity index (χ0v) is 12.4. The van der Waals surface area contributed by atoms with E-state index in [0.29, 0.717) is 16.9 Å². The largest absolute Gasteiger partial charge is 0.490 e. The predicted molar refractivity (Wildman–Crippen MR) is 83.7 cm³/mol. The van der Waals surface area contributed by atoms with Crippen molar-refractivity contribution in [2.45, 2.75) is 20.0 Å². The minimum Gasteiger partial charge on any atom is -0.490 e. The fourth-order valence-corrected chi connectivity index (χ4v) is 1.81. The van der Waals surface area contributed by atoms with E-state index < -0.39 is 11.7 Å². The summed E-state index contributed by atoms with van der Waals surface area (Å²) < 4.78 is 19.0. The molecule has 0 bridgehead atoms. The van der Waals surface area contributed by atoms with Crippen LogP contribution in [-0.4, -0.2) is 18.2 Å². The van der Waals surface area contributed by atoms with Gasteiger partial charge >= 0.3 is 0 Å². The number of halogens is 1. The molecule has 114 valence electrons. The number of hydrazone groups is 1. The Labute approximate surface area is 128 Å². The molecule has 0 radical (unpaired) electrons. The Morgan fingerprint density at radius 1 is 1.18 bits per heavy atom. The Morgan fingerprint density at radius 3 is 2.59 bits per heavy atom. The van der Waals surface area contributed by atoms with Crippen LogP contribution in [0.2, 0.25) is 0 Å². The number of nitrogens with zero attached hydrogens (tertiary/aromatic N) is 1. The summed E-state index contributed by atoms with van der Waals surface area (Å²) in [5, 5.41) is 3.78. The van der Waals surface area contributed by atoms with E-state index in [1.165, 1.54) is 12.3 Å². The van der Waals surface area contributed by atoms with E-state index >= 15 is 0 Å².